The molecule has 2 aromatic rings. The summed E-state index contributed by atoms with van der Waals surface area (Å²) in [4.78, 5) is 13.7. The van der Waals surface area contributed by atoms with Gasteiger partial charge >= 0.3 is 5.69 Å². The van der Waals surface area contributed by atoms with Crippen LogP contribution >= 0.6 is 11.6 Å². The smallest absolute Gasteiger partial charge is 0.330 e. The number of benzene rings is 1. The second-order valence-electron chi connectivity index (χ2n) is 3.36. The van der Waals surface area contributed by atoms with Crippen LogP contribution in [0.2, 0.25) is 5.02 Å². The molecule has 0 bridgehead atoms. The maximum absolute atomic E-state index is 11.3. The number of nitrogens with zero attached hydrogens (tertiary/aromatic N) is 1. The van der Waals surface area contributed by atoms with Crippen molar-refractivity contribution in [3.05, 3.63) is 33.7 Å². The number of hydrogen-bond acceptors (Lipinski definition) is 4. The Morgan fingerprint density at radius 3 is 2.59 bits per heavy atom. The van der Waals surface area contributed by atoms with E-state index in [1.807, 2.05) is 0 Å². The molecule has 0 spiro atoms. The van der Waals surface area contributed by atoms with Crippen LogP contribution in [0, 0.1) is 0 Å². The van der Waals surface area contributed by atoms with Crippen molar-refractivity contribution >= 4 is 11.6 Å². The largest absolute Gasteiger partial charge is 0.506 e. The lowest BCUT2D eigenvalue weighted by atomic mass is 10.1. The molecule has 0 saturated carbocycles. The molecule has 1 aromatic heterocycles. The molecule has 0 radical (unpaired) electrons. The average Bonchev–Trinajstić information content (AvgIpc) is 2.58. The van der Waals surface area contributed by atoms with Crippen LogP contribution in [0.4, 0.5) is 0 Å². The molecule has 1 aromatic carbocycles. The Kier molecular flexibility index (Phi) is 2.83. The van der Waals surface area contributed by atoms with E-state index in [9.17, 15) is 15.0 Å². The van der Waals surface area contributed by atoms with Crippen LogP contribution < -0.4 is 5.69 Å². The molecule has 0 fully saturated rings. The van der Waals surface area contributed by atoms with Crippen molar-refractivity contribution in [2.75, 3.05) is 0 Å². The van der Waals surface area contributed by atoms with Gasteiger partial charge < -0.3 is 20.3 Å². The van der Waals surface area contributed by atoms with Gasteiger partial charge in [0.1, 0.15) is 18.2 Å². The highest BCUT2D eigenvalue weighted by molar-refractivity contribution is 6.32. The number of hydrogen-bond donors (Lipinski definition) is 4. The molecule has 1 heterocycles. The third-order valence-corrected chi connectivity index (χ3v) is 2.64. The highest BCUT2D eigenvalue weighted by atomic mass is 35.5. The van der Waals surface area contributed by atoms with E-state index in [1.54, 1.807) is 0 Å². The van der Waals surface area contributed by atoms with Crippen LogP contribution in [0.3, 0.4) is 0 Å². The molecule has 2 rings (SSSR count). The molecule has 0 amide bonds. The Bertz CT molecular complexity index is 617. The molecular weight excluding hydrogens is 248 g/mol. The van der Waals surface area contributed by atoms with Crippen molar-refractivity contribution in [3.63, 3.8) is 0 Å². The van der Waals surface area contributed by atoms with Gasteiger partial charge in [0.2, 0.25) is 5.88 Å². The van der Waals surface area contributed by atoms with Crippen LogP contribution in [-0.2, 0) is 6.73 Å². The van der Waals surface area contributed by atoms with E-state index in [-0.39, 0.29) is 22.3 Å². The molecule has 0 aliphatic heterocycles. The molecular formula is C10H9ClN2O4. The van der Waals surface area contributed by atoms with Gasteiger partial charge in [-0.3, -0.25) is 0 Å². The van der Waals surface area contributed by atoms with Crippen molar-refractivity contribution < 1.29 is 15.3 Å². The van der Waals surface area contributed by atoms with Crippen LogP contribution in [0.1, 0.15) is 0 Å². The summed E-state index contributed by atoms with van der Waals surface area (Å²) in [6.07, 6.45) is 0. The van der Waals surface area contributed by atoms with E-state index in [1.165, 1.54) is 18.2 Å². The molecule has 0 saturated heterocycles. The fourth-order valence-corrected chi connectivity index (χ4v) is 1.64. The van der Waals surface area contributed by atoms with Gasteiger partial charge in [0.15, 0.2) is 0 Å². The fourth-order valence-electron chi connectivity index (χ4n) is 1.46. The van der Waals surface area contributed by atoms with Crippen LogP contribution in [0.15, 0.2) is 23.0 Å². The number of aliphatic hydroxyl groups is 1. The predicted molar refractivity (Wildman–Crippen MR) is 61.0 cm³/mol. The number of phenolic OH excluding ortho intramolecular Hbond substituents is 1. The summed E-state index contributed by atoms with van der Waals surface area (Å²) in [6.45, 7) is -0.632. The molecule has 7 heteroatoms. The molecule has 0 unspecified atom stereocenters. The molecule has 0 atom stereocenters. The van der Waals surface area contributed by atoms with E-state index in [0.29, 0.717) is 5.56 Å². The summed E-state index contributed by atoms with van der Waals surface area (Å²) in [5.41, 5.74) is -0.0789. The third kappa shape index (κ3) is 1.88. The zero-order valence-corrected chi connectivity index (χ0v) is 9.27. The van der Waals surface area contributed by atoms with Gasteiger partial charge in [-0.2, -0.15) is 0 Å². The topological polar surface area (TPSA) is 98.5 Å². The van der Waals surface area contributed by atoms with Crippen molar-refractivity contribution in [2.45, 2.75) is 6.73 Å². The maximum Gasteiger partial charge on any atom is 0.330 e. The fraction of sp³-hybridized carbons (Fsp3) is 0.100. The third-order valence-electron chi connectivity index (χ3n) is 2.33. The second-order valence-corrected chi connectivity index (χ2v) is 3.77. The maximum atomic E-state index is 11.3. The van der Waals surface area contributed by atoms with Crippen molar-refractivity contribution in [1.29, 1.82) is 0 Å². The standard InChI is InChI=1S/C10H9ClN2O4/c11-6-3-5(1-2-7(6)15)8-9(16)13(4-14)10(17)12-8/h1-3,14-16H,4H2,(H,12,17). The number of aromatic hydroxyl groups is 2. The molecule has 90 valence electrons. The number of imidazole rings is 1. The number of aromatic amines is 1. The lowest BCUT2D eigenvalue weighted by molar-refractivity contribution is 0.192. The molecule has 0 aliphatic rings. The monoisotopic (exact) mass is 256 g/mol. The Labute approximate surface area is 100 Å². The Morgan fingerprint density at radius 1 is 1.35 bits per heavy atom. The molecule has 4 N–H and O–H groups in total. The number of nitrogens with one attached hydrogen (secondary N) is 1. The van der Waals surface area contributed by atoms with Crippen molar-refractivity contribution in [3.8, 4) is 22.9 Å². The van der Waals surface area contributed by atoms with Crippen molar-refractivity contribution in [2.24, 2.45) is 0 Å². The highest BCUT2D eigenvalue weighted by Gasteiger charge is 2.14. The number of aromatic nitrogens is 2. The first-order valence-corrected chi connectivity index (χ1v) is 5.04. The Balaban J connectivity index is 2.61. The average molecular weight is 257 g/mol. The lowest BCUT2D eigenvalue weighted by Crippen LogP contribution is -2.15. The first-order chi connectivity index (χ1) is 8.04. The first kappa shape index (κ1) is 11.6. The van der Waals surface area contributed by atoms with Gasteiger partial charge in [-0.05, 0) is 18.2 Å². The summed E-state index contributed by atoms with van der Waals surface area (Å²) in [5, 5.41) is 27.9. The zero-order chi connectivity index (χ0) is 12.6. The minimum Gasteiger partial charge on any atom is -0.506 e. The lowest BCUT2D eigenvalue weighted by Gasteiger charge is -2.02. The molecule has 17 heavy (non-hydrogen) atoms. The van der Waals surface area contributed by atoms with Gasteiger partial charge in [-0.15, -0.1) is 0 Å². The van der Waals surface area contributed by atoms with Gasteiger partial charge in [-0.1, -0.05) is 11.6 Å². The van der Waals surface area contributed by atoms with Crippen LogP contribution in [0.5, 0.6) is 11.6 Å². The number of halogens is 1. The van der Waals surface area contributed by atoms with Gasteiger partial charge in [0.05, 0.1) is 5.02 Å². The Hall–Kier alpha value is -1.92. The van der Waals surface area contributed by atoms with Crippen molar-refractivity contribution in [1.82, 2.24) is 9.55 Å². The van der Waals surface area contributed by atoms with Crippen LogP contribution in [-0.4, -0.2) is 24.9 Å². The van der Waals surface area contributed by atoms with Gasteiger partial charge in [0, 0.05) is 5.56 Å². The zero-order valence-electron chi connectivity index (χ0n) is 8.51. The minimum atomic E-state index is -0.635. The number of aliphatic hydroxyl groups excluding tert-OH is 1. The highest BCUT2D eigenvalue weighted by Crippen LogP contribution is 2.31. The minimum absolute atomic E-state index is 0.0968. The predicted octanol–water partition coefficient (Wildman–Crippen LogP) is 0.858. The van der Waals surface area contributed by atoms with E-state index in [0.717, 1.165) is 4.57 Å². The second kappa shape index (κ2) is 4.15. The van der Waals surface area contributed by atoms with Crippen LogP contribution in [0.25, 0.3) is 11.3 Å². The quantitative estimate of drug-likeness (QED) is 0.640. The summed E-state index contributed by atoms with van der Waals surface area (Å²) in [7, 11) is 0. The summed E-state index contributed by atoms with van der Waals surface area (Å²) in [5.74, 6) is -0.488. The SMILES string of the molecule is O=c1[nH]c(-c2ccc(O)c(Cl)c2)c(O)n1CO. The normalized spacial score (nSPS) is 10.7. The summed E-state index contributed by atoms with van der Waals surface area (Å²) in [6, 6.07) is 4.21. The Morgan fingerprint density at radius 2 is 2.06 bits per heavy atom. The number of rotatable bonds is 2. The number of H-pyrrole nitrogens is 1. The van der Waals surface area contributed by atoms with Gasteiger partial charge in [-0.25, -0.2) is 9.36 Å². The summed E-state index contributed by atoms with van der Waals surface area (Å²) < 4.78 is 0.760. The van der Waals surface area contributed by atoms with Gasteiger partial charge in [0.25, 0.3) is 0 Å². The van der Waals surface area contributed by atoms with E-state index in [4.69, 9.17) is 16.7 Å². The number of phenols is 1. The molecule has 6 nitrogen and oxygen atoms in total. The van der Waals surface area contributed by atoms with E-state index in [2.05, 4.69) is 4.98 Å². The van der Waals surface area contributed by atoms with E-state index < -0.39 is 12.4 Å². The summed E-state index contributed by atoms with van der Waals surface area (Å²) >= 11 is 5.72. The first-order valence-electron chi connectivity index (χ1n) is 4.66. The van der Waals surface area contributed by atoms with E-state index >= 15 is 0 Å². The molecule has 0 aliphatic carbocycles.